The molecule has 3 rings (SSSR count). The Bertz CT molecular complexity index is 561. The third-order valence-electron chi connectivity index (χ3n) is 3.80. The molecule has 0 amide bonds. The van der Waals surface area contributed by atoms with E-state index in [-0.39, 0.29) is 0 Å². The highest BCUT2D eigenvalue weighted by Crippen LogP contribution is 2.27. The first-order valence-electron chi connectivity index (χ1n) is 7.24. The fraction of sp³-hybridized carbons (Fsp3) is 0.438. The topological polar surface area (TPSA) is 27.1 Å². The Kier molecular flexibility index (Phi) is 4.26. The SMILES string of the molecule is Clc1cccc(OCc2ccn(C3CCCCC3)n2)c1. The maximum absolute atomic E-state index is 5.93. The van der Waals surface area contributed by atoms with Crippen molar-refractivity contribution in [3.63, 3.8) is 0 Å². The lowest BCUT2D eigenvalue weighted by Crippen LogP contribution is -2.13. The molecule has 0 unspecified atom stereocenters. The van der Waals surface area contributed by atoms with Crippen LogP contribution in [0, 0.1) is 0 Å². The van der Waals surface area contributed by atoms with Gasteiger partial charge in [-0.05, 0) is 37.1 Å². The molecule has 0 saturated heterocycles. The van der Waals surface area contributed by atoms with Crippen molar-refractivity contribution in [3.8, 4) is 5.75 Å². The molecule has 2 aromatic rings. The van der Waals surface area contributed by atoms with Gasteiger partial charge in [-0.3, -0.25) is 4.68 Å². The smallest absolute Gasteiger partial charge is 0.132 e. The summed E-state index contributed by atoms with van der Waals surface area (Å²) >= 11 is 5.93. The molecular formula is C16H19ClN2O. The predicted octanol–water partition coefficient (Wildman–Crippen LogP) is 4.62. The average Bonchev–Trinajstić information content (AvgIpc) is 2.95. The Balaban J connectivity index is 1.59. The lowest BCUT2D eigenvalue weighted by atomic mass is 9.96. The van der Waals surface area contributed by atoms with Crippen molar-refractivity contribution in [2.75, 3.05) is 0 Å². The van der Waals surface area contributed by atoms with E-state index in [0.29, 0.717) is 17.7 Å². The van der Waals surface area contributed by atoms with Gasteiger partial charge in [-0.15, -0.1) is 0 Å². The second-order valence-corrected chi connectivity index (χ2v) is 5.76. The van der Waals surface area contributed by atoms with Crippen LogP contribution in [0.1, 0.15) is 43.8 Å². The summed E-state index contributed by atoms with van der Waals surface area (Å²) < 4.78 is 7.82. The number of ether oxygens (including phenoxy) is 1. The van der Waals surface area contributed by atoms with Crippen LogP contribution in [-0.2, 0) is 6.61 Å². The monoisotopic (exact) mass is 290 g/mol. The molecule has 1 aromatic carbocycles. The number of aromatic nitrogens is 2. The summed E-state index contributed by atoms with van der Waals surface area (Å²) in [5, 5.41) is 5.32. The molecule has 0 radical (unpaired) electrons. The lowest BCUT2D eigenvalue weighted by molar-refractivity contribution is 0.291. The number of hydrogen-bond acceptors (Lipinski definition) is 2. The van der Waals surface area contributed by atoms with Crippen molar-refractivity contribution in [1.29, 1.82) is 0 Å². The van der Waals surface area contributed by atoms with E-state index in [0.717, 1.165) is 11.4 Å². The normalized spacial score (nSPS) is 16.2. The minimum atomic E-state index is 0.486. The van der Waals surface area contributed by atoms with Crippen molar-refractivity contribution in [1.82, 2.24) is 9.78 Å². The fourth-order valence-electron chi connectivity index (χ4n) is 2.72. The molecule has 0 aliphatic heterocycles. The molecular weight excluding hydrogens is 272 g/mol. The van der Waals surface area contributed by atoms with Gasteiger partial charge in [0.1, 0.15) is 12.4 Å². The highest BCUT2D eigenvalue weighted by atomic mass is 35.5. The molecule has 106 valence electrons. The molecule has 3 nitrogen and oxygen atoms in total. The molecule has 1 aliphatic carbocycles. The zero-order chi connectivity index (χ0) is 13.8. The number of hydrogen-bond donors (Lipinski definition) is 0. The molecule has 1 heterocycles. The predicted molar refractivity (Wildman–Crippen MR) is 80.1 cm³/mol. The van der Waals surface area contributed by atoms with E-state index < -0.39 is 0 Å². The van der Waals surface area contributed by atoms with E-state index in [2.05, 4.69) is 16.0 Å². The van der Waals surface area contributed by atoms with Crippen LogP contribution in [0.3, 0.4) is 0 Å². The third-order valence-corrected chi connectivity index (χ3v) is 4.03. The van der Waals surface area contributed by atoms with Crippen LogP contribution < -0.4 is 4.74 Å². The summed E-state index contributed by atoms with van der Waals surface area (Å²) in [5.74, 6) is 0.782. The lowest BCUT2D eigenvalue weighted by Gasteiger charge is -2.21. The van der Waals surface area contributed by atoms with Gasteiger partial charge in [0.05, 0.1) is 11.7 Å². The van der Waals surface area contributed by atoms with Gasteiger partial charge < -0.3 is 4.74 Å². The highest BCUT2D eigenvalue weighted by Gasteiger charge is 2.15. The quantitative estimate of drug-likeness (QED) is 0.821. The first-order valence-corrected chi connectivity index (χ1v) is 7.61. The first kappa shape index (κ1) is 13.5. The second kappa shape index (κ2) is 6.31. The van der Waals surface area contributed by atoms with E-state index in [1.54, 1.807) is 0 Å². The largest absolute Gasteiger partial charge is 0.487 e. The van der Waals surface area contributed by atoms with Crippen LogP contribution in [0.5, 0.6) is 5.75 Å². The van der Waals surface area contributed by atoms with E-state index in [9.17, 15) is 0 Å². The molecule has 4 heteroatoms. The van der Waals surface area contributed by atoms with E-state index in [1.807, 2.05) is 30.3 Å². The van der Waals surface area contributed by atoms with E-state index >= 15 is 0 Å². The second-order valence-electron chi connectivity index (χ2n) is 5.32. The van der Waals surface area contributed by atoms with Crippen LogP contribution in [0.4, 0.5) is 0 Å². The van der Waals surface area contributed by atoms with E-state index in [4.69, 9.17) is 16.3 Å². The average molecular weight is 291 g/mol. The summed E-state index contributed by atoms with van der Waals surface area (Å²) in [4.78, 5) is 0. The third kappa shape index (κ3) is 3.34. The van der Waals surface area contributed by atoms with Crippen LogP contribution in [0.15, 0.2) is 36.5 Å². The van der Waals surface area contributed by atoms with Crippen LogP contribution in [0.25, 0.3) is 0 Å². The van der Waals surface area contributed by atoms with Gasteiger partial charge in [0.2, 0.25) is 0 Å². The van der Waals surface area contributed by atoms with Gasteiger partial charge in [-0.1, -0.05) is 36.9 Å². The molecule has 0 spiro atoms. The van der Waals surface area contributed by atoms with Gasteiger partial charge in [-0.2, -0.15) is 5.10 Å². The molecule has 1 aromatic heterocycles. The molecule has 1 saturated carbocycles. The van der Waals surface area contributed by atoms with Crippen LogP contribution in [-0.4, -0.2) is 9.78 Å². The maximum Gasteiger partial charge on any atom is 0.132 e. The number of nitrogens with zero attached hydrogens (tertiary/aromatic N) is 2. The summed E-state index contributed by atoms with van der Waals surface area (Å²) in [7, 11) is 0. The first-order chi connectivity index (χ1) is 9.81. The van der Waals surface area contributed by atoms with Crippen LogP contribution >= 0.6 is 11.6 Å². The fourth-order valence-corrected chi connectivity index (χ4v) is 2.90. The van der Waals surface area contributed by atoms with Crippen molar-refractivity contribution < 1.29 is 4.74 Å². The van der Waals surface area contributed by atoms with E-state index in [1.165, 1.54) is 32.1 Å². The highest BCUT2D eigenvalue weighted by molar-refractivity contribution is 6.30. The molecule has 20 heavy (non-hydrogen) atoms. The minimum absolute atomic E-state index is 0.486. The van der Waals surface area contributed by atoms with Gasteiger partial charge in [0.15, 0.2) is 0 Å². The number of benzene rings is 1. The Labute approximate surface area is 124 Å². The minimum Gasteiger partial charge on any atom is -0.487 e. The molecule has 0 atom stereocenters. The molecule has 1 fully saturated rings. The van der Waals surface area contributed by atoms with Crippen molar-refractivity contribution >= 4 is 11.6 Å². The number of rotatable bonds is 4. The summed E-state index contributed by atoms with van der Waals surface area (Å²) in [6.45, 7) is 0.486. The molecule has 1 aliphatic rings. The van der Waals surface area contributed by atoms with Gasteiger partial charge in [-0.25, -0.2) is 0 Å². The number of halogens is 1. The summed E-state index contributed by atoms with van der Waals surface area (Å²) in [6, 6.07) is 10.1. The molecule has 0 N–H and O–H groups in total. The molecule has 0 bridgehead atoms. The van der Waals surface area contributed by atoms with Gasteiger partial charge in [0.25, 0.3) is 0 Å². The summed E-state index contributed by atoms with van der Waals surface area (Å²) in [6.07, 6.45) is 8.57. The van der Waals surface area contributed by atoms with Crippen molar-refractivity contribution in [2.24, 2.45) is 0 Å². The Morgan fingerprint density at radius 2 is 2.05 bits per heavy atom. The van der Waals surface area contributed by atoms with Gasteiger partial charge >= 0.3 is 0 Å². The van der Waals surface area contributed by atoms with Gasteiger partial charge in [0, 0.05) is 11.2 Å². The maximum atomic E-state index is 5.93. The van der Waals surface area contributed by atoms with Crippen molar-refractivity contribution in [3.05, 3.63) is 47.2 Å². The zero-order valence-electron chi connectivity index (χ0n) is 11.5. The summed E-state index contributed by atoms with van der Waals surface area (Å²) in [5.41, 5.74) is 0.968. The zero-order valence-corrected chi connectivity index (χ0v) is 12.2. The standard InChI is InChI=1S/C16H19ClN2O/c17-13-5-4-8-16(11-13)20-12-14-9-10-19(18-14)15-6-2-1-3-7-15/h4-5,8-11,15H,1-3,6-7,12H2. The Hall–Kier alpha value is -1.48. The van der Waals surface area contributed by atoms with Crippen LogP contribution in [0.2, 0.25) is 5.02 Å². The Morgan fingerprint density at radius 3 is 2.85 bits per heavy atom. The Morgan fingerprint density at radius 1 is 1.20 bits per heavy atom. The van der Waals surface area contributed by atoms with Crippen molar-refractivity contribution in [2.45, 2.75) is 44.8 Å².